The fourth-order valence-electron chi connectivity index (χ4n) is 1.64. The SMILES string of the molecule is O=C(O)[C@H]1CN(C(=O)c2cc(Cl)sc2Cl)CCO1. The molecule has 18 heavy (non-hydrogen) atoms. The van der Waals surface area contributed by atoms with Crippen LogP contribution in [0, 0.1) is 0 Å². The van der Waals surface area contributed by atoms with E-state index in [4.69, 9.17) is 33.0 Å². The Morgan fingerprint density at radius 2 is 2.22 bits per heavy atom. The minimum atomic E-state index is -1.08. The number of thiophene rings is 1. The minimum absolute atomic E-state index is 0.0119. The number of ether oxygens (including phenoxy) is 1. The van der Waals surface area contributed by atoms with Gasteiger partial charge in [0.15, 0.2) is 6.10 Å². The highest BCUT2D eigenvalue weighted by Gasteiger charge is 2.30. The quantitative estimate of drug-likeness (QED) is 0.907. The van der Waals surface area contributed by atoms with Gasteiger partial charge in [0.1, 0.15) is 4.34 Å². The molecule has 1 atom stereocenters. The molecule has 8 heteroatoms. The lowest BCUT2D eigenvalue weighted by Gasteiger charge is -2.30. The van der Waals surface area contributed by atoms with Crippen molar-refractivity contribution >= 4 is 46.4 Å². The molecule has 0 spiro atoms. The number of carboxylic acids is 1. The molecule has 1 aliphatic rings. The summed E-state index contributed by atoms with van der Waals surface area (Å²) in [5.74, 6) is -1.40. The maximum Gasteiger partial charge on any atom is 0.334 e. The summed E-state index contributed by atoms with van der Waals surface area (Å²) < 4.78 is 5.77. The van der Waals surface area contributed by atoms with Gasteiger partial charge >= 0.3 is 5.97 Å². The number of nitrogens with zero attached hydrogens (tertiary/aromatic N) is 1. The summed E-state index contributed by atoms with van der Waals surface area (Å²) >= 11 is 12.8. The van der Waals surface area contributed by atoms with Crippen LogP contribution < -0.4 is 0 Å². The molecule has 1 fully saturated rings. The van der Waals surface area contributed by atoms with E-state index in [9.17, 15) is 9.59 Å². The zero-order chi connectivity index (χ0) is 13.3. The molecule has 1 amide bonds. The summed E-state index contributed by atoms with van der Waals surface area (Å²) in [5.41, 5.74) is 0.303. The minimum Gasteiger partial charge on any atom is -0.479 e. The molecule has 98 valence electrons. The number of hydrogen-bond acceptors (Lipinski definition) is 4. The Labute approximate surface area is 117 Å². The van der Waals surface area contributed by atoms with Crippen LogP contribution in [-0.2, 0) is 9.53 Å². The summed E-state index contributed by atoms with van der Waals surface area (Å²) in [4.78, 5) is 24.4. The Balaban J connectivity index is 2.14. The van der Waals surface area contributed by atoms with Crippen LogP contribution in [0.2, 0.25) is 8.67 Å². The van der Waals surface area contributed by atoms with E-state index in [1.165, 1.54) is 11.0 Å². The summed E-state index contributed by atoms with van der Waals surface area (Å²) in [5, 5.41) is 8.86. The van der Waals surface area contributed by atoms with Gasteiger partial charge in [-0.2, -0.15) is 0 Å². The number of rotatable bonds is 2. The van der Waals surface area contributed by atoms with Crippen molar-refractivity contribution in [2.24, 2.45) is 0 Å². The first-order valence-corrected chi connectivity index (χ1v) is 6.65. The van der Waals surface area contributed by atoms with Crippen molar-refractivity contribution in [2.75, 3.05) is 19.7 Å². The van der Waals surface area contributed by atoms with Crippen LogP contribution in [0.5, 0.6) is 0 Å². The van der Waals surface area contributed by atoms with Crippen LogP contribution in [0.1, 0.15) is 10.4 Å². The second-order valence-electron chi connectivity index (χ2n) is 3.69. The van der Waals surface area contributed by atoms with Crippen LogP contribution in [0.25, 0.3) is 0 Å². The highest BCUT2D eigenvalue weighted by atomic mass is 35.5. The van der Waals surface area contributed by atoms with Gasteiger partial charge in [-0.05, 0) is 6.07 Å². The number of amides is 1. The topological polar surface area (TPSA) is 66.8 Å². The molecule has 0 radical (unpaired) electrons. The van der Waals surface area contributed by atoms with E-state index in [-0.39, 0.29) is 19.1 Å². The molecule has 1 aromatic rings. The molecule has 5 nitrogen and oxygen atoms in total. The highest BCUT2D eigenvalue weighted by molar-refractivity contribution is 7.20. The molecule has 0 aromatic carbocycles. The first-order chi connectivity index (χ1) is 8.49. The summed E-state index contributed by atoms with van der Waals surface area (Å²) in [6.45, 7) is 0.544. The third kappa shape index (κ3) is 2.77. The molecule has 0 bridgehead atoms. The predicted octanol–water partition coefficient (Wildman–Crippen LogP) is 1.98. The van der Waals surface area contributed by atoms with Crippen molar-refractivity contribution in [2.45, 2.75) is 6.10 Å². The molecule has 0 saturated carbocycles. The molecular formula is C10H9Cl2NO4S. The molecule has 1 aliphatic heterocycles. The highest BCUT2D eigenvalue weighted by Crippen LogP contribution is 2.32. The largest absolute Gasteiger partial charge is 0.479 e. The van der Waals surface area contributed by atoms with Gasteiger partial charge in [-0.15, -0.1) is 11.3 Å². The van der Waals surface area contributed by atoms with E-state index in [1.807, 2.05) is 0 Å². The maximum atomic E-state index is 12.1. The molecule has 1 saturated heterocycles. The smallest absolute Gasteiger partial charge is 0.334 e. The van der Waals surface area contributed by atoms with E-state index in [0.717, 1.165) is 11.3 Å². The van der Waals surface area contributed by atoms with Gasteiger partial charge in [-0.1, -0.05) is 23.2 Å². The molecule has 1 N–H and O–H groups in total. The number of hydrogen-bond donors (Lipinski definition) is 1. The average molecular weight is 310 g/mol. The van der Waals surface area contributed by atoms with Gasteiger partial charge in [0.2, 0.25) is 0 Å². The zero-order valence-electron chi connectivity index (χ0n) is 9.06. The number of carboxylic acid groups (broad SMARTS) is 1. The fraction of sp³-hybridized carbons (Fsp3) is 0.400. The van der Waals surface area contributed by atoms with E-state index in [1.54, 1.807) is 0 Å². The van der Waals surface area contributed by atoms with Crippen molar-refractivity contribution in [1.82, 2.24) is 4.90 Å². The molecule has 2 rings (SSSR count). The third-order valence-corrected chi connectivity index (χ3v) is 4.00. The second-order valence-corrected chi connectivity index (χ2v) is 5.97. The van der Waals surface area contributed by atoms with Gasteiger partial charge in [-0.3, -0.25) is 4.79 Å². The summed E-state index contributed by atoms with van der Waals surface area (Å²) in [6, 6.07) is 1.49. The van der Waals surface area contributed by atoms with E-state index >= 15 is 0 Å². The lowest BCUT2D eigenvalue weighted by Crippen LogP contribution is -2.48. The Kier molecular flexibility index (Phi) is 4.11. The lowest BCUT2D eigenvalue weighted by molar-refractivity contribution is -0.154. The van der Waals surface area contributed by atoms with Crippen molar-refractivity contribution in [3.63, 3.8) is 0 Å². The lowest BCUT2D eigenvalue weighted by atomic mass is 10.2. The van der Waals surface area contributed by atoms with Gasteiger partial charge in [0.25, 0.3) is 5.91 Å². The Morgan fingerprint density at radius 3 is 2.78 bits per heavy atom. The van der Waals surface area contributed by atoms with Crippen LogP contribution >= 0.6 is 34.5 Å². The number of morpholine rings is 1. The maximum absolute atomic E-state index is 12.1. The summed E-state index contributed by atoms with van der Waals surface area (Å²) in [6.07, 6.45) is -0.990. The van der Waals surface area contributed by atoms with Gasteiger partial charge in [0.05, 0.1) is 23.1 Å². The van der Waals surface area contributed by atoms with Crippen molar-refractivity contribution in [1.29, 1.82) is 0 Å². The van der Waals surface area contributed by atoms with Crippen LogP contribution in [0.3, 0.4) is 0 Å². The molecule has 1 aromatic heterocycles. The van der Waals surface area contributed by atoms with Gasteiger partial charge in [0, 0.05) is 6.54 Å². The Hall–Kier alpha value is -0.820. The van der Waals surface area contributed by atoms with E-state index in [2.05, 4.69) is 0 Å². The van der Waals surface area contributed by atoms with Gasteiger partial charge < -0.3 is 14.7 Å². The summed E-state index contributed by atoms with van der Waals surface area (Å²) in [7, 11) is 0. The molecule has 0 unspecified atom stereocenters. The second kappa shape index (κ2) is 5.44. The van der Waals surface area contributed by atoms with E-state index in [0.29, 0.717) is 20.8 Å². The monoisotopic (exact) mass is 309 g/mol. The number of carbonyl (C=O) groups is 2. The van der Waals surface area contributed by atoms with Gasteiger partial charge in [-0.25, -0.2) is 4.79 Å². The Bertz CT molecular complexity index is 490. The predicted molar refractivity (Wildman–Crippen MR) is 67.6 cm³/mol. The number of aliphatic carboxylic acids is 1. The normalized spacial score (nSPS) is 19.9. The van der Waals surface area contributed by atoms with Crippen molar-refractivity contribution in [3.05, 3.63) is 20.3 Å². The van der Waals surface area contributed by atoms with Crippen LogP contribution in [-0.4, -0.2) is 47.7 Å². The fourth-order valence-corrected chi connectivity index (χ4v) is 3.09. The number of halogens is 2. The Morgan fingerprint density at radius 1 is 1.50 bits per heavy atom. The number of carbonyl (C=O) groups excluding carboxylic acids is 1. The van der Waals surface area contributed by atoms with Crippen molar-refractivity contribution in [3.8, 4) is 0 Å². The van der Waals surface area contributed by atoms with E-state index < -0.39 is 12.1 Å². The molecule has 2 heterocycles. The van der Waals surface area contributed by atoms with Crippen molar-refractivity contribution < 1.29 is 19.4 Å². The third-order valence-electron chi connectivity index (χ3n) is 2.52. The van der Waals surface area contributed by atoms with Crippen LogP contribution in [0.4, 0.5) is 0 Å². The average Bonchev–Trinajstić information content (AvgIpc) is 2.67. The molecule has 0 aliphatic carbocycles. The first-order valence-electron chi connectivity index (χ1n) is 5.07. The van der Waals surface area contributed by atoms with Crippen LogP contribution in [0.15, 0.2) is 6.07 Å². The first kappa shape index (κ1) is 13.6. The standard InChI is InChI=1S/C10H9Cl2NO4S/c11-7-3-5(8(12)18-7)9(14)13-1-2-17-6(4-13)10(15)16/h3,6H,1-2,4H2,(H,15,16)/t6-/m1/s1. The molecular weight excluding hydrogens is 301 g/mol. The zero-order valence-corrected chi connectivity index (χ0v) is 11.4.